The molecule has 0 spiro atoms. The Morgan fingerprint density at radius 2 is 1.40 bits per heavy atom. The van der Waals surface area contributed by atoms with Gasteiger partial charge in [-0.05, 0) is 0 Å². The van der Waals surface area contributed by atoms with Crippen LogP contribution in [0.5, 0.6) is 0 Å². The molecule has 0 amide bonds. The first-order valence-corrected chi connectivity index (χ1v) is 5.19. The van der Waals surface area contributed by atoms with E-state index < -0.39 is 0 Å². The molecule has 0 aromatic carbocycles. The van der Waals surface area contributed by atoms with Gasteiger partial charge in [-0.3, -0.25) is 4.79 Å². The number of Topliss-reactive ketones (excluding diaryl/α,β-unsaturated/α-hetero) is 1. The van der Waals surface area contributed by atoms with Crippen LogP contribution in [0.15, 0.2) is 0 Å². The minimum absolute atomic E-state index is 0.176. The number of nitrogens with one attached hydrogen (secondary N) is 1. The van der Waals surface area contributed by atoms with Gasteiger partial charge >= 0.3 is 0 Å². The molecule has 10 heavy (non-hydrogen) atoms. The molecule has 0 aromatic rings. The number of rotatable bonds is 2. The zero-order valence-electron chi connectivity index (χ0n) is 6.58. The molecule has 0 fully saturated rings. The first-order valence-electron chi connectivity index (χ1n) is 2.95. The summed E-state index contributed by atoms with van der Waals surface area (Å²) in [5.74, 6) is 0.176. The van der Waals surface area contributed by atoms with Gasteiger partial charge in [-0.15, -0.1) is 0 Å². The second-order valence-corrected chi connectivity index (χ2v) is 3.43. The normalized spacial score (nSPS) is 8.60. The molecule has 0 radical (unpaired) electrons. The van der Waals surface area contributed by atoms with Crippen LogP contribution < -0.4 is 4.90 Å². The van der Waals surface area contributed by atoms with Crippen molar-refractivity contribution in [2.24, 2.45) is 0 Å². The Morgan fingerprint density at radius 1 is 1.20 bits per heavy atom. The van der Waals surface area contributed by atoms with E-state index in [-0.39, 0.29) is 5.78 Å². The Labute approximate surface area is 79.2 Å². The maximum atomic E-state index is 10.1. The van der Waals surface area contributed by atoms with Crippen LogP contribution in [0.3, 0.4) is 0 Å². The molecule has 0 saturated heterocycles. The quantitative estimate of drug-likeness (QED) is 0.710. The number of ketones is 1. The fraction of sp³-hybridized carbons (Fsp3) is 0.833. The van der Waals surface area contributed by atoms with E-state index in [1.165, 1.54) is 4.90 Å². The molecule has 0 unspecified atom stereocenters. The second-order valence-electron chi connectivity index (χ2n) is 2.31. The van der Waals surface area contributed by atoms with Gasteiger partial charge < -0.3 is 4.90 Å². The summed E-state index contributed by atoms with van der Waals surface area (Å²) in [6.45, 7) is 0. The molecule has 0 rings (SSSR count). The molecule has 0 aliphatic rings. The Hall–Kier alpha value is 0.590. The molecular formula is C6H14Br2NO+. The molecule has 0 atom stereocenters. The molecule has 0 bridgehead atoms. The van der Waals surface area contributed by atoms with Gasteiger partial charge in [0.05, 0.1) is 31.8 Å². The molecule has 0 aliphatic heterocycles. The largest absolute Gasteiger partial charge is 0.342 e. The van der Waals surface area contributed by atoms with E-state index in [4.69, 9.17) is 0 Å². The van der Waals surface area contributed by atoms with Crippen molar-refractivity contribution in [1.29, 1.82) is 0 Å². The maximum absolute atomic E-state index is 10.1. The standard InChI is InChI=1S/C3H4Br2O.C3H9N/c4-1-3(6)2-5;1-4(2)3/h1-2H2;1-3H3/p+1. The average Bonchev–Trinajstić information content (AvgIpc) is 1.85. The molecule has 0 aromatic heterocycles. The Morgan fingerprint density at radius 3 is 1.40 bits per heavy atom. The summed E-state index contributed by atoms with van der Waals surface area (Å²) in [5.41, 5.74) is 0. The highest BCUT2D eigenvalue weighted by atomic mass is 79.9. The highest BCUT2D eigenvalue weighted by Crippen LogP contribution is 1.86. The van der Waals surface area contributed by atoms with E-state index in [9.17, 15) is 4.79 Å². The molecule has 1 N–H and O–H groups in total. The van der Waals surface area contributed by atoms with Crippen molar-refractivity contribution >= 4 is 37.6 Å². The Bertz CT molecular complexity index is 77.1. The predicted molar refractivity (Wildman–Crippen MR) is 51.3 cm³/mol. The number of carbonyl (C=O) groups excluding carboxylic acids is 1. The first-order chi connectivity index (χ1) is 4.54. The summed E-state index contributed by atoms with van der Waals surface area (Å²) in [7, 11) is 6.25. The highest BCUT2D eigenvalue weighted by Gasteiger charge is 1.89. The predicted octanol–water partition coefficient (Wildman–Crippen LogP) is 0.106. The van der Waals surface area contributed by atoms with Crippen LogP contribution in [0, 0.1) is 0 Å². The van der Waals surface area contributed by atoms with Gasteiger partial charge in [0.15, 0.2) is 5.78 Å². The van der Waals surface area contributed by atoms with E-state index in [1.807, 2.05) is 0 Å². The van der Waals surface area contributed by atoms with Gasteiger partial charge in [0.2, 0.25) is 0 Å². The van der Waals surface area contributed by atoms with E-state index in [2.05, 4.69) is 53.0 Å². The SMILES string of the molecule is C[NH+](C)C.O=C(CBr)CBr. The maximum Gasteiger partial charge on any atom is 0.153 e. The summed E-state index contributed by atoms with van der Waals surface area (Å²) in [5, 5.41) is 0.913. The highest BCUT2D eigenvalue weighted by molar-refractivity contribution is 9.10. The number of quaternary nitrogens is 1. The Kier molecular flexibility index (Phi) is 12.7. The van der Waals surface area contributed by atoms with Crippen molar-refractivity contribution < 1.29 is 9.69 Å². The lowest BCUT2D eigenvalue weighted by Crippen LogP contribution is -3.02. The van der Waals surface area contributed by atoms with E-state index >= 15 is 0 Å². The average molecular weight is 276 g/mol. The third-order valence-electron chi connectivity index (χ3n) is 0.298. The molecule has 4 heteroatoms. The summed E-state index contributed by atoms with van der Waals surface area (Å²) in [4.78, 5) is 11.5. The molecule has 2 nitrogen and oxygen atoms in total. The smallest absolute Gasteiger partial charge is 0.153 e. The van der Waals surface area contributed by atoms with Gasteiger partial charge in [0.1, 0.15) is 0 Å². The zero-order valence-corrected chi connectivity index (χ0v) is 9.75. The molecule has 0 aliphatic carbocycles. The van der Waals surface area contributed by atoms with Gasteiger partial charge in [0.25, 0.3) is 0 Å². The lowest BCUT2D eigenvalue weighted by Gasteiger charge is -1.88. The topological polar surface area (TPSA) is 21.5 Å². The fourth-order valence-electron chi connectivity index (χ4n) is 0.0357. The monoisotopic (exact) mass is 274 g/mol. The lowest BCUT2D eigenvalue weighted by atomic mass is 10.5. The third kappa shape index (κ3) is 23.5. The van der Waals surface area contributed by atoms with Gasteiger partial charge in [-0.25, -0.2) is 0 Å². The summed E-state index contributed by atoms with van der Waals surface area (Å²) in [6.07, 6.45) is 0. The fourth-order valence-corrected chi connectivity index (χ4v) is 0.964. The summed E-state index contributed by atoms with van der Waals surface area (Å²) in [6, 6.07) is 0. The minimum Gasteiger partial charge on any atom is -0.342 e. The number of halogens is 2. The van der Waals surface area contributed by atoms with Gasteiger partial charge in [-0.2, -0.15) is 0 Å². The van der Waals surface area contributed by atoms with Crippen molar-refractivity contribution in [3.63, 3.8) is 0 Å². The number of hydrogen-bond donors (Lipinski definition) is 1. The van der Waals surface area contributed by atoms with Crippen molar-refractivity contribution in [3.8, 4) is 0 Å². The van der Waals surface area contributed by atoms with Gasteiger partial charge in [-0.1, -0.05) is 31.9 Å². The third-order valence-corrected chi connectivity index (χ3v) is 1.55. The minimum atomic E-state index is 0.176. The van der Waals surface area contributed by atoms with Crippen LogP contribution in [-0.4, -0.2) is 37.6 Å². The van der Waals surface area contributed by atoms with Gasteiger partial charge in [0, 0.05) is 0 Å². The number of carbonyl (C=O) groups is 1. The van der Waals surface area contributed by atoms with Crippen molar-refractivity contribution in [2.75, 3.05) is 31.8 Å². The Balaban J connectivity index is 0. The number of alkyl halides is 2. The van der Waals surface area contributed by atoms with Crippen molar-refractivity contribution in [2.45, 2.75) is 0 Å². The van der Waals surface area contributed by atoms with E-state index in [1.54, 1.807) is 0 Å². The van der Waals surface area contributed by atoms with Crippen molar-refractivity contribution in [1.82, 2.24) is 0 Å². The van der Waals surface area contributed by atoms with Crippen LogP contribution in [0.1, 0.15) is 0 Å². The summed E-state index contributed by atoms with van der Waals surface area (Å²) < 4.78 is 0. The molecule has 0 heterocycles. The zero-order chi connectivity index (χ0) is 8.57. The van der Waals surface area contributed by atoms with Crippen LogP contribution in [0.4, 0.5) is 0 Å². The first kappa shape index (κ1) is 13.2. The lowest BCUT2D eigenvalue weighted by molar-refractivity contribution is -0.836. The molecule has 62 valence electrons. The second kappa shape index (κ2) is 9.59. The van der Waals surface area contributed by atoms with Crippen LogP contribution in [0.25, 0.3) is 0 Å². The number of hydrogen-bond acceptors (Lipinski definition) is 1. The van der Waals surface area contributed by atoms with Crippen LogP contribution in [-0.2, 0) is 4.79 Å². The molecular weight excluding hydrogens is 262 g/mol. The van der Waals surface area contributed by atoms with Crippen LogP contribution >= 0.6 is 31.9 Å². The van der Waals surface area contributed by atoms with Crippen LogP contribution in [0.2, 0.25) is 0 Å². The molecule has 0 saturated carbocycles. The van der Waals surface area contributed by atoms with Crippen molar-refractivity contribution in [3.05, 3.63) is 0 Å². The van der Waals surface area contributed by atoms with E-state index in [0.29, 0.717) is 10.7 Å². The summed E-state index contributed by atoms with van der Waals surface area (Å²) >= 11 is 5.99. The van der Waals surface area contributed by atoms with E-state index in [0.717, 1.165) is 0 Å².